The Bertz CT molecular complexity index is 649. The van der Waals surface area contributed by atoms with Crippen LogP contribution >= 0.6 is 0 Å². The summed E-state index contributed by atoms with van der Waals surface area (Å²) < 4.78 is 16.2. The molecule has 7 heteroatoms. The predicted molar refractivity (Wildman–Crippen MR) is 108 cm³/mol. The molecule has 0 spiro atoms. The van der Waals surface area contributed by atoms with E-state index in [0.29, 0.717) is 19.3 Å². The zero-order valence-electron chi connectivity index (χ0n) is 17.3. The Balaban J connectivity index is 1.47. The molecule has 1 aromatic rings. The van der Waals surface area contributed by atoms with Gasteiger partial charge >= 0.3 is 0 Å². The second-order valence-corrected chi connectivity index (χ2v) is 7.52. The molecule has 0 saturated carbocycles. The van der Waals surface area contributed by atoms with Gasteiger partial charge < -0.3 is 19.5 Å². The number of carbonyl (C=O) groups excluding carboxylic acids is 1. The average Bonchev–Trinajstić information content (AvgIpc) is 3.15. The van der Waals surface area contributed by atoms with Gasteiger partial charge in [0.2, 0.25) is 12.7 Å². The van der Waals surface area contributed by atoms with E-state index in [0.717, 1.165) is 57.3 Å². The normalized spacial score (nSPS) is 18.9. The number of fused-ring (bicyclic) bond motifs is 1. The van der Waals surface area contributed by atoms with Gasteiger partial charge in [0.1, 0.15) is 0 Å². The largest absolute Gasteiger partial charge is 0.454 e. The van der Waals surface area contributed by atoms with Crippen LogP contribution in [0.1, 0.15) is 32.8 Å². The fraction of sp³-hybridized carbons (Fsp3) is 0.667. The van der Waals surface area contributed by atoms with Gasteiger partial charge in [-0.25, -0.2) is 0 Å². The molecule has 0 aliphatic carbocycles. The van der Waals surface area contributed by atoms with Crippen molar-refractivity contribution < 1.29 is 19.0 Å². The summed E-state index contributed by atoms with van der Waals surface area (Å²) in [6.07, 6.45) is 1.41. The molecule has 3 rings (SSSR count). The first kappa shape index (κ1) is 20.9. The third-order valence-electron chi connectivity index (χ3n) is 5.53. The highest BCUT2D eigenvalue weighted by Crippen LogP contribution is 2.33. The molecular weight excluding hydrogens is 358 g/mol. The van der Waals surface area contributed by atoms with Crippen molar-refractivity contribution in [1.29, 1.82) is 0 Å². The van der Waals surface area contributed by atoms with Gasteiger partial charge in [-0.3, -0.25) is 14.6 Å². The molecule has 0 bridgehead atoms. The number of morpholine rings is 1. The lowest BCUT2D eigenvalue weighted by Gasteiger charge is -2.34. The van der Waals surface area contributed by atoms with E-state index in [9.17, 15) is 4.79 Å². The van der Waals surface area contributed by atoms with Gasteiger partial charge in [0.25, 0.3) is 0 Å². The second-order valence-electron chi connectivity index (χ2n) is 7.52. The monoisotopic (exact) mass is 391 g/mol. The molecule has 0 aromatic heterocycles. The number of benzene rings is 1. The summed E-state index contributed by atoms with van der Waals surface area (Å²) in [5.41, 5.74) is 1.21. The molecule has 0 radical (unpaired) electrons. The molecule has 1 N–H and O–H groups in total. The maximum atomic E-state index is 12.4. The van der Waals surface area contributed by atoms with E-state index in [1.54, 1.807) is 0 Å². The van der Waals surface area contributed by atoms with Gasteiger partial charge in [-0.2, -0.15) is 0 Å². The first-order valence-corrected chi connectivity index (χ1v) is 10.3. The van der Waals surface area contributed by atoms with Crippen molar-refractivity contribution in [2.45, 2.75) is 45.8 Å². The van der Waals surface area contributed by atoms with Crippen LogP contribution in [0.3, 0.4) is 0 Å². The summed E-state index contributed by atoms with van der Waals surface area (Å²) in [7, 11) is 0. The Morgan fingerprint density at radius 3 is 2.71 bits per heavy atom. The first-order valence-electron chi connectivity index (χ1n) is 10.3. The van der Waals surface area contributed by atoms with Crippen LogP contribution in [-0.4, -0.2) is 74.1 Å². The third kappa shape index (κ3) is 5.59. The quantitative estimate of drug-likeness (QED) is 0.649. The van der Waals surface area contributed by atoms with E-state index in [1.807, 2.05) is 6.07 Å². The lowest BCUT2D eigenvalue weighted by atomic mass is 10.0. The van der Waals surface area contributed by atoms with Crippen LogP contribution in [0, 0.1) is 0 Å². The Morgan fingerprint density at radius 1 is 1.21 bits per heavy atom. The van der Waals surface area contributed by atoms with Gasteiger partial charge in [0.05, 0.1) is 19.4 Å². The Morgan fingerprint density at radius 2 is 1.96 bits per heavy atom. The highest BCUT2D eigenvalue weighted by Gasteiger charge is 2.22. The Hall–Kier alpha value is -1.83. The van der Waals surface area contributed by atoms with E-state index in [1.165, 1.54) is 5.56 Å². The second kappa shape index (κ2) is 10.1. The van der Waals surface area contributed by atoms with Crippen molar-refractivity contribution in [2.75, 3.05) is 46.2 Å². The number of ether oxygens (including phenoxy) is 3. The van der Waals surface area contributed by atoms with Crippen LogP contribution in [0.15, 0.2) is 18.2 Å². The number of likely N-dealkylation sites (N-methyl/N-ethyl adjacent to an activating group) is 1. The minimum Gasteiger partial charge on any atom is -0.454 e. The van der Waals surface area contributed by atoms with Crippen LogP contribution in [-0.2, 0) is 16.0 Å². The molecule has 2 heterocycles. The summed E-state index contributed by atoms with van der Waals surface area (Å²) in [6.45, 7) is 11.7. The minimum atomic E-state index is -0.00815. The van der Waals surface area contributed by atoms with Gasteiger partial charge in [-0.1, -0.05) is 13.0 Å². The molecule has 1 amide bonds. The molecule has 28 heavy (non-hydrogen) atoms. The molecule has 2 aliphatic heterocycles. The van der Waals surface area contributed by atoms with E-state index in [2.05, 4.69) is 48.0 Å². The lowest BCUT2D eigenvalue weighted by molar-refractivity contribution is -0.123. The van der Waals surface area contributed by atoms with E-state index in [4.69, 9.17) is 14.2 Å². The standard InChI is InChI=1S/C21H33N3O4/c1-4-24(16(2)13-18-5-6-19-20(14-18)28-15-27-19)17(3)22-21(25)7-8-23-9-11-26-12-10-23/h5-6,14,16-17H,4,7-13,15H2,1-3H3,(H,22,25). The number of hydrogen-bond acceptors (Lipinski definition) is 6. The number of carbonyl (C=O) groups is 1. The van der Waals surface area contributed by atoms with Crippen molar-refractivity contribution >= 4 is 5.91 Å². The van der Waals surface area contributed by atoms with Gasteiger partial charge in [-0.05, 0) is 44.5 Å². The van der Waals surface area contributed by atoms with Gasteiger partial charge in [0, 0.05) is 32.1 Å². The van der Waals surface area contributed by atoms with Crippen LogP contribution < -0.4 is 14.8 Å². The fourth-order valence-electron chi connectivity index (χ4n) is 3.97. The summed E-state index contributed by atoms with van der Waals surface area (Å²) >= 11 is 0. The van der Waals surface area contributed by atoms with Crippen LogP contribution in [0.2, 0.25) is 0 Å². The number of rotatable bonds is 9. The molecular formula is C21H33N3O4. The van der Waals surface area contributed by atoms with Crippen LogP contribution in [0.5, 0.6) is 11.5 Å². The van der Waals surface area contributed by atoms with Crippen molar-refractivity contribution in [3.8, 4) is 11.5 Å². The molecule has 156 valence electrons. The van der Waals surface area contributed by atoms with Crippen molar-refractivity contribution in [1.82, 2.24) is 15.1 Å². The highest BCUT2D eigenvalue weighted by molar-refractivity contribution is 5.76. The number of nitrogens with zero attached hydrogens (tertiary/aromatic N) is 2. The number of hydrogen-bond donors (Lipinski definition) is 1. The third-order valence-corrected chi connectivity index (χ3v) is 5.53. The van der Waals surface area contributed by atoms with Crippen molar-refractivity contribution in [3.63, 3.8) is 0 Å². The number of nitrogens with one attached hydrogen (secondary N) is 1. The SMILES string of the molecule is CCN(C(C)Cc1ccc2c(c1)OCO2)C(C)NC(=O)CCN1CCOCC1. The van der Waals surface area contributed by atoms with Crippen molar-refractivity contribution in [3.05, 3.63) is 23.8 Å². The molecule has 1 aromatic carbocycles. The first-order chi connectivity index (χ1) is 13.6. The van der Waals surface area contributed by atoms with Gasteiger partial charge in [0.15, 0.2) is 11.5 Å². The zero-order valence-corrected chi connectivity index (χ0v) is 17.3. The summed E-state index contributed by atoms with van der Waals surface area (Å²) in [5, 5.41) is 3.16. The highest BCUT2D eigenvalue weighted by atomic mass is 16.7. The smallest absolute Gasteiger partial charge is 0.231 e. The molecule has 2 atom stereocenters. The predicted octanol–water partition coefficient (Wildman–Crippen LogP) is 1.85. The van der Waals surface area contributed by atoms with E-state index in [-0.39, 0.29) is 12.1 Å². The summed E-state index contributed by atoms with van der Waals surface area (Å²) in [6, 6.07) is 6.40. The topological polar surface area (TPSA) is 63.3 Å². The number of amides is 1. The zero-order chi connectivity index (χ0) is 19.9. The summed E-state index contributed by atoms with van der Waals surface area (Å²) in [5.74, 6) is 1.73. The summed E-state index contributed by atoms with van der Waals surface area (Å²) in [4.78, 5) is 17.0. The average molecular weight is 392 g/mol. The Kier molecular flexibility index (Phi) is 7.53. The van der Waals surface area contributed by atoms with Crippen LogP contribution in [0.4, 0.5) is 0 Å². The van der Waals surface area contributed by atoms with Crippen molar-refractivity contribution in [2.24, 2.45) is 0 Å². The van der Waals surface area contributed by atoms with E-state index < -0.39 is 0 Å². The molecule has 1 saturated heterocycles. The lowest BCUT2D eigenvalue weighted by Crippen LogP contribution is -2.51. The van der Waals surface area contributed by atoms with Crippen LogP contribution in [0.25, 0.3) is 0 Å². The fourth-order valence-corrected chi connectivity index (χ4v) is 3.97. The van der Waals surface area contributed by atoms with E-state index >= 15 is 0 Å². The maximum Gasteiger partial charge on any atom is 0.231 e. The minimum absolute atomic E-state index is 0.00815. The Labute approximate surface area is 167 Å². The molecule has 1 fully saturated rings. The maximum absolute atomic E-state index is 12.4. The molecule has 7 nitrogen and oxygen atoms in total. The van der Waals surface area contributed by atoms with Gasteiger partial charge in [-0.15, -0.1) is 0 Å². The molecule has 2 unspecified atom stereocenters. The molecule has 2 aliphatic rings.